The van der Waals surface area contributed by atoms with Gasteiger partial charge in [0.05, 0.1) is 0 Å². The molecule has 1 aromatic heterocycles. The molecule has 0 spiro atoms. The van der Waals surface area contributed by atoms with Crippen LogP contribution in [0.25, 0.3) is 0 Å². The van der Waals surface area contributed by atoms with Crippen LogP contribution in [0.1, 0.15) is 17.4 Å². The van der Waals surface area contributed by atoms with Gasteiger partial charge in [0, 0.05) is 5.56 Å². The lowest BCUT2D eigenvalue weighted by molar-refractivity contribution is 0.314. The molecule has 0 fully saturated rings. The van der Waals surface area contributed by atoms with Gasteiger partial charge in [-0.25, -0.2) is 0 Å². The van der Waals surface area contributed by atoms with Gasteiger partial charge in [0.15, 0.2) is 4.77 Å². The minimum absolute atomic E-state index is 0.141. The van der Waals surface area contributed by atoms with Gasteiger partial charge in [0.1, 0.15) is 24.2 Å². The number of hydrogen-bond acceptors (Lipinski definition) is 3. The van der Waals surface area contributed by atoms with E-state index in [4.69, 9.17) is 17.0 Å². The number of rotatable bonds is 1. The third kappa shape index (κ3) is 1.28. The summed E-state index contributed by atoms with van der Waals surface area (Å²) in [6, 6.07) is 8.18. The first kappa shape index (κ1) is 9.59. The van der Waals surface area contributed by atoms with E-state index in [1.54, 1.807) is 0 Å². The van der Waals surface area contributed by atoms with Crippen molar-refractivity contribution < 1.29 is 4.74 Å². The number of fused-ring (bicyclic) bond motifs is 1. The molecule has 1 N–H and O–H groups in total. The third-order valence-corrected chi connectivity index (χ3v) is 3.16. The van der Waals surface area contributed by atoms with Gasteiger partial charge in [0.2, 0.25) is 0 Å². The Hall–Kier alpha value is -1.62. The van der Waals surface area contributed by atoms with Crippen LogP contribution in [-0.4, -0.2) is 21.4 Å². The number of aryl methyl sites for hydroxylation is 1. The quantitative estimate of drug-likeness (QED) is 0.768. The maximum Gasteiger partial charge on any atom is 0.195 e. The van der Waals surface area contributed by atoms with Crippen molar-refractivity contribution in [3.05, 3.63) is 40.4 Å². The lowest BCUT2D eigenvalue weighted by Crippen LogP contribution is -2.13. The second-order valence-corrected chi connectivity index (χ2v) is 4.20. The molecule has 1 aliphatic heterocycles. The molecule has 3 rings (SSSR count). The van der Waals surface area contributed by atoms with Crippen LogP contribution in [-0.2, 0) is 0 Å². The summed E-state index contributed by atoms with van der Waals surface area (Å²) in [6.45, 7) is 2.56. The highest BCUT2D eigenvalue weighted by Gasteiger charge is 2.26. The topological polar surface area (TPSA) is 42.8 Å². The predicted octanol–water partition coefficient (Wildman–Crippen LogP) is 2.23. The van der Waals surface area contributed by atoms with Gasteiger partial charge in [-0.15, -0.1) is 0 Å². The SMILES string of the molecule is Cc1n[nH]c(=S)n1C1COc2ccccc21. The molecule has 4 nitrogen and oxygen atoms in total. The average molecular weight is 233 g/mol. The van der Waals surface area contributed by atoms with Crippen LogP contribution < -0.4 is 4.74 Å². The number of benzene rings is 1. The van der Waals surface area contributed by atoms with E-state index in [-0.39, 0.29) is 6.04 Å². The van der Waals surface area contributed by atoms with Crippen molar-refractivity contribution in [3.63, 3.8) is 0 Å². The van der Waals surface area contributed by atoms with Gasteiger partial charge >= 0.3 is 0 Å². The zero-order chi connectivity index (χ0) is 11.1. The number of hydrogen-bond donors (Lipinski definition) is 1. The normalized spacial score (nSPS) is 18.2. The molecule has 0 aliphatic carbocycles. The molecule has 0 saturated carbocycles. The number of nitrogens with one attached hydrogen (secondary N) is 1. The Morgan fingerprint density at radius 2 is 2.31 bits per heavy atom. The Morgan fingerprint density at radius 3 is 3.06 bits per heavy atom. The fourth-order valence-corrected chi connectivity index (χ4v) is 2.41. The van der Waals surface area contributed by atoms with Crippen LogP contribution in [0.4, 0.5) is 0 Å². The van der Waals surface area contributed by atoms with Gasteiger partial charge in [-0.3, -0.25) is 9.67 Å². The van der Waals surface area contributed by atoms with Crippen molar-refractivity contribution in [1.29, 1.82) is 0 Å². The van der Waals surface area contributed by atoms with E-state index >= 15 is 0 Å². The van der Waals surface area contributed by atoms with Gasteiger partial charge in [-0.05, 0) is 25.2 Å². The first-order valence-electron chi connectivity index (χ1n) is 5.12. The number of aromatic amines is 1. The number of H-pyrrole nitrogens is 1. The lowest BCUT2D eigenvalue weighted by atomic mass is 10.1. The fraction of sp³-hybridized carbons (Fsp3) is 0.273. The second kappa shape index (κ2) is 3.45. The first-order valence-corrected chi connectivity index (χ1v) is 5.53. The molecule has 1 atom stereocenters. The minimum atomic E-state index is 0.141. The van der Waals surface area contributed by atoms with Crippen LogP contribution >= 0.6 is 12.2 Å². The van der Waals surface area contributed by atoms with Crippen molar-refractivity contribution in [2.24, 2.45) is 0 Å². The molecular weight excluding hydrogens is 222 g/mol. The molecule has 0 bridgehead atoms. The van der Waals surface area contributed by atoms with E-state index in [1.807, 2.05) is 29.7 Å². The maximum absolute atomic E-state index is 5.64. The summed E-state index contributed by atoms with van der Waals surface area (Å²) in [7, 11) is 0. The molecule has 2 aromatic rings. The van der Waals surface area contributed by atoms with Crippen molar-refractivity contribution in [1.82, 2.24) is 14.8 Å². The maximum atomic E-state index is 5.64. The van der Waals surface area contributed by atoms with E-state index in [0.29, 0.717) is 11.4 Å². The summed E-state index contributed by atoms with van der Waals surface area (Å²) in [4.78, 5) is 0. The third-order valence-electron chi connectivity index (χ3n) is 2.87. The molecule has 1 unspecified atom stereocenters. The van der Waals surface area contributed by atoms with Crippen LogP contribution in [0.2, 0.25) is 0 Å². The summed E-state index contributed by atoms with van der Waals surface area (Å²) in [5.41, 5.74) is 1.17. The van der Waals surface area contributed by atoms with Gasteiger partial charge in [0.25, 0.3) is 0 Å². The second-order valence-electron chi connectivity index (χ2n) is 3.81. The highest BCUT2D eigenvalue weighted by molar-refractivity contribution is 7.71. The fourth-order valence-electron chi connectivity index (χ4n) is 2.11. The number of para-hydroxylation sites is 1. The average Bonchev–Trinajstić information content (AvgIpc) is 2.83. The number of aromatic nitrogens is 3. The van der Waals surface area contributed by atoms with Gasteiger partial charge in [-0.2, -0.15) is 5.10 Å². The first-order chi connectivity index (χ1) is 7.77. The number of ether oxygens (including phenoxy) is 1. The van der Waals surface area contributed by atoms with E-state index in [0.717, 1.165) is 11.6 Å². The summed E-state index contributed by atoms with van der Waals surface area (Å²) in [5.74, 6) is 1.82. The van der Waals surface area contributed by atoms with Crippen molar-refractivity contribution in [2.45, 2.75) is 13.0 Å². The van der Waals surface area contributed by atoms with E-state index in [2.05, 4.69) is 16.3 Å². The van der Waals surface area contributed by atoms with E-state index in [9.17, 15) is 0 Å². The van der Waals surface area contributed by atoms with Crippen molar-refractivity contribution in [2.75, 3.05) is 6.61 Å². The summed E-state index contributed by atoms with van der Waals surface area (Å²) in [5, 5.41) is 6.93. The van der Waals surface area contributed by atoms with Crippen LogP contribution in [0.3, 0.4) is 0 Å². The van der Waals surface area contributed by atoms with Crippen LogP contribution in [0.15, 0.2) is 24.3 Å². The minimum Gasteiger partial charge on any atom is -0.491 e. The summed E-state index contributed by atoms with van der Waals surface area (Å²) in [6.07, 6.45) is 0. The molecule has 0 radical (unpaired) electrons. The summed E-state index contributed by atoms with van der Waals surface area (Å²) >= 11 is 5.23. The van der Waals surface area contributed by atoms with Crippen LogP contribution in [0.5, 0.6) is 5.75 Å². The lowest BCUT2D eigenvalue weighted by Gasteiger charge is -2.11. The number of nitrogens with zero attached hydrogens (tertiary/aromatic N) is 2. The van der Waals surface area contributed by atoms with E-state index < -0.39 is 0 Å². The molecular formula is C11H11N3OS. The molecule has 1 aromatic carbocycles. The van der Waals surface area contributed by atoms with Gasteiger partial charge in [-0.1, -0.05) is 18.2 Å². The highest BCUT2D eigenvalue weighted by atomic mass is 32.1. The Labute approximate surface area is 97.9 Å². The Kier molecular flexibility index (Phi) is 2.07. The Morgan fingerprint density at radius 1 is 1.50 bits per heavy atom. The van der Waals surface area contributed by atoms with Gasteiger partial charge < -0.3 is 4.74 Å². The standard InChI is InChI=1S/C11H11N3OS/c1-7-12-13-11(16)14(7)9-6-15-10-5-3-2-4-8(9)10/h2-5,9H,6H2,1H3,(H,13,16). The van der Waals surface area contributed by atoms with E-state index in [1.165, 1.54) is 5.56 Å². The smallest absolute Gasteiger partial charge is 0.195 e. The van der Waals surface area contributed by atoms with Crippen LogP contribution in [0, 0.1) is 11.7 Å². The molecule has 82 valence electrons. The molecule has 0 saturated heterocycles. The zero-order valence-corrected chi connectivity index (χ0v) is 9.62. The molecule has 2 heterocycles. The highest BCUT2D eigenvalue weighted by Crippen LogP contribution is 2.34. The zero-order valence-electron chi connectivity index (χ0n) is 8.80. The largest absolute Gasteiger partial charge is 0.491 e. The van der Waals surface area contributed by atoms with Crippen molar-refractivity contribution >= 4 is 12.2 Å². The monoisotopic (exact) mass is 233 g/mol. The molecule has 5 heteroatoms. The molecule has 1 aliphatic rings. The molecule has 0 amide bonds. The Bertz CT molecular complexity index is 587. The van der Waals surface area contributed by atoms with Crippen molar-refractivity contribution in [3.8, 4) is 5.75 Å². The molecule has 16 heavy (non-hydrogen) atoms. The Balaban J connectivity index is 2.15. The summed E-state index contributed by atoms with van der Waals surface area (Å²) < 4.78 is 8.28. The predicted molar refractivity (Wildman–Crippen MR) is 62.2 cm³/mol.